The molecule has 26 heavy (non-hydrogen) atoms. The Hall–Kier alpha value is -3.20. The SMILES string of the molecule is Cc1nnc(COC(=O)c2ccc(S(=O)(=O)Nc3ccccc3)cc2)o1. The second-order valence-electron chi connectivity index (χ2n) is 5.29. The lowest BCUT2D eigenvalue weighted by atomic mass is 10.2. The van der Waals surface area contributed by atoms with Gasteiger partial charge in [0.1, 0.15) is 0 Å². The van der Waals surface area contributed by atoms with Crippen molar-refractivity contribution in [1.29, 1.82) is 0 Å². The van der Waals surface area contributed by atoms with E-state index in [1.807, 2.05) is 0 Å². The minimum Gasteiger partial charge on any atom is -0.452 e. The molecule has 0 fully saturated rings. The average Bonchev–Trinajstić information content (AvgIpc) is 3.05. The van der Waals surface area contributed by atoms with Crippen LogP contribution in [0.1, 0.15) is 22.1 Å². The molecule has 0 saturated carbocycles. The van der Waals surface area contributed by atoms with Gasteiger partial charge in [0.05, 0.1) is 10.5 Å². The number of ether oxygens (including phenoxy) is 1. The third kappa shape index (κ3) is 4.25. The van der Waals surface area contributed by atoms with E-state index in [9.17, 15) is 13.2 Å². The molecule has 0 spiro atoms. The topological polar surface area (TPSA) is 111 Å². The van der Waals surface area contributed by atoms with E-state index in [-0.39, 0.29) is 23.0 Å². The smallest absolute Gasteiger partial charge is 0.338 e. The molecule has 134 valence electrons. The Morgan fingerprint density at radius 3 is 2.38 bits per heavy atom. The van der Waals surface area contributed by atoms with Crippen LogP contribution in [-0.2, 0) is 21.4 Å². The van der Waals surface area contributed by atoms with Crippen LogP contribution in [0.2, 0.25) is 0 Å². The Kier molecular flexibility index (Phi) is 4.99. The number of hydrogen-bond donors (Lipinski definition) is 1. The summed E-state index contributed by atoms with van der Waals surface area (Å²) in [4.78, 5) is 12.0. The summed E-state index contributed by atoms with van der Waals surface area (Å²) in [6, 6.07) is 13.9. The number of nitrogens with one attached hydrogen (secondary N) is 1. The van der Waals surface area contributed by atoms with Gasteiger partial charge in [0.2, 0.25) is 5.89 Å². The molecule has 2 aromatic carbocycles. The molecule has 1 aromatic heterocycles. The maximum atomic E-state index is 12.3. The Morgan fingerprint density at radius 1 is 1.08 bits per heavy atom. The number of hydrogen-bond acceptors (Lipinski definition) is 7. The minimum atomic E-state index is -3.74. The maximum absolute atomic E-state index is 12.3. The van der Waals surface area contributed by atoms with Gasteiger partial charge in [-0.15, -0.1) is 10.2 Å². The van der Waals surface area contributed by atoms with Crippen LogP contribution in [0, 0.1) is 6.92 Å². The van der Waals surface area contributed by atoms with Gasteiger partial charge in [-0.05, 0) is 36.4 Å². The second kappa shape index (κ2) is 7.36. The van der Waals surface area contributed by atoms with Crippen LogP contribution >= 0.6 is 0 Å². The van der Waals surface area contributed by atoms with Crippen molar-refractivity contribution in [3.8, 4) is 0 Å². The Morgan fingerprint density at radius 2 is 1.77 bits per heavy atom. The number of esters is 1. The number of aryl methyl sites for hydroxylation is 1. The summed E-state index contributed by atoms with van der Waals surface area (Å²) in [5.41, 5.74) is 0.658. The molecule has 0 aliphatic rings. The molecule has 8 nitrogen and oxygen atoms in total. The summed E-state index contributed by atoms with van der Waals surface area (Å²) in [5, 5.41) is 7.34. The molecule has 1 N–H and O–H groups in total. The van der Waals surface area contributed by atoms with E-state index in [1.165, 1.54) is 24.3 Å². The first-order valence-corrected chi connectivity index (χ1v) is 9.06. The van der Waals surface area contributed by atoms with E-state index < -0.39 is 16.0 Å². The molecule has 0 aliphatic carbocycles. The van der Waals surface area contributed by atoms with Crippen molar-refractivity contribution < 1.29 is 22.4 Å². The first kappa shape index (κ1) is 17.6. The van der Waals surface area contributed by atoms with E-state index in [0.717, 1.165) is 0 Å². The van der Waals surface area contributed by atoms with Crippen molar-refractivity contribution in [3.63, 3.8) is 0 Å². The lowest BCUT2D eigenvalue weighted by Gasteiger charge is -2.08. The number of sulfonamides is 1. The van der Waals surface area contributed by atoms with Gasteiger partial charge in [-0.1, -0.05) is 18.2 Å². The van der Waals surface area contributed by atoms with E-state index in [2.05, 4.69) is 14.9 Å². The number of anilines is 1. The van der Waals surface area contributed by atoms with Gasteiger partial charge in [-0.25, -0.2) is 13.2 Å². The van der Waals surface area contributed by atoms with Gasteiger partial charge in [-0.2, -0.15) is 0 Å². The average molecular weight is 373 g/mol. The molecule has 0 amide bonds. The molecule has 3 rings (SSSR count). The molecule has 3 aromatic rings. The zero-order chi connectivity index (χ0) is 18.6. The maximum Gasteiger partial charge on any atom is 0.338 e. The molecule has 0 radical (unpaired) electrons. The second-order valence-corrected chi connectivity index (χ2v) is 6.97. The van der Waals surface area contributed by atoms with Crippen molar-refractivity contribution in [2.45, 2.75) is 18.4 Å². The standard InChI is InChI=1S/C17H15N3O5S/c1-12-18-19-16(25-12)11-24-17(21)13-7-9-15(10-8-13)26(22,23)20-14-5-3-2-4-6-14/h2-10,20H,11H2,1H3. The van der Waals surface area contributed by atoms with Gasteiger partial charge in [0.15, 0.2) is 6.61 Å². The van der Waals surface area contributed by atoms with Crippen LogP contribution in [0.4, 0.5) is 5.69 Å². The lowest BCUT2D eigenvalue weighted by Crippen LogP contribution is -2.13. The van der Waals surface area contributed by atoms with E-state index >= 15 is 0 Å². The van der Waals surface area contributed by atoms with Crippen LogP contribution in [-0.4, -0.2) is 24.6 Å². The number of rotatable bonds is 6. The highest BCUT2D eigenvalue weighted by Crippen LogP contribution is 2.17. The predicted molar refractivity (Wildman–Crippen MR) is 91.8 cm³/mol. The quantitative estimate of drug-likeness (QED) is 0.661. The Labute approximate surface area is 149 Å². The highest BCUT2D eigenvalue weighted by Gasteiger charge is 2.16. The number of nitrogens with zero attached hydrogens (tertiary/aromatic N) is 2. The predicted octanol–water partition coefficient (Wildman–Crippen LogP) is 2.54. The first-order valence-electron chi connectivity index (χ1n) is 7.58. The van der Waals surface area contributed by atoms with Gasteiger partial charge in [0.25, 0.3) is 15.9 Å². The molecular weight excluding hydrogens is 358 g/mol. The van der Waals surface area contributed by atoms with E-state index in [1.54, 1.807) is 37.3 Å². The summed E-state index contributed by atoms with van der Waals surface area (Å²) < 4.78 is 37.3. The first-order chi connectivity index (χ1) is 12.4. The van der Waals surface area contributed by atoms with Crippen LogP contribution in [0.5, 0.6) is 0 Å². The molecular formula is C17H15N3O5S. The Bertz CT molecular complexity index is 998. The fourth-order valence-corrected chi connectivity index (χ4v) is 3.16. The minimum absolute atomic E-state index is 0.0328. The number of aromatic nitrogens is 2. The van der Waals surface area contributed by atoms with Crippen LogP contribution in [0.3, 0.4) is 0 Å². The number of para-hydroxylation sites is 1. The Balaban J connectivity index is 1.66. The van der Waals surface area contributed by atoms with Gasteiger partial charge < -0.3 is 9.15 Å². The van der Waals surface area contributed by atoms with E-state index in [4.69, 9.17) is 9.15 Å². The molecule has 1 heterocycles. The van der Waals surface area contributed by atoms with Crippen molar-refractivity contribution in [2.24, 2.45) is 0 Å². The van der Waals surface area contributed by atoms with Crippen molar-refractivity contribution in [3.05, 3.63) is 71.9 Å². The third-order valence-corrected chi connectivity index (χ3v) is 4.72. The van der Waals surface area contributed by atoms with Crippen LogP contribution in [0.15, 0.2) is 63.9 Å². The van der Waals surface area contributed by atoms with Crippen molar-refractivity contribution >= 4 is 21.7 Å². The molecule has 0 atom stereocenters. The van der Waals surface area contributed by atoms with Gasteiger partial charge in [0, 0.05) is 12.6 Å². The normalized spacial score (nSPS) is 11.1. The van der Waals surface area contributed by atoms with E-state index in [0.29, 0.717) is 11.6 Å². The lowest BCUT2D eigenvalue weighted by molar-refractivity contribution is 0.0436. The summed E-state index contributed by atoms with van der Waals surface area (Å²) >= 11 is 0. The largest absolute Gasteiger partial charge is 0.452 e. The van der Waals surface area contributed by atoms with Crippen molar-refractivity contribution in [2.75, 3.05) is 4.72 Å². The zero-order valence-electron chi connectivity index (χ0n) is 13.7. The van der Waals surface area contributed by atoms with Gasteiger partial charge >= 0.3 is 5.97 Å². The summed E-state index contributed by atoms with van der Waals surface area (Å²) in [6.07, 6.45) is 0. The summed E-state index contributed by atoms with van der Waals surface area (Å²) in [7, 11) is -3.74. The third-order valence-electron chi connectivity index (χ3n) is 3.32. The molecule has 0 aliphatic heterocycles. The highest BCUT2D eigenvalue weighted by molar-refractivity contribution is 7.92. The number of benzene rings is 2. The number of carbonyl (C=O) groups excluding carboxylic acids is 1. The number of carbonyl (C=O) groups is 1. The van der Waals surface area contributed by atoms with Crippen LogP contribution in [0.25, 0.3) is 0 Å². The molecule has 0 unspecified atom stereocenters. The van der Waals surface area contributed by atoms with Crippen molar-refractivity contribution in [1.82, 2.24) is 10.2 Å². The van der Waals surface area contributed by atoms with Crippen LogP contribution < -0.4 is 4.72 Å². The summed E-state index contributed by atoms with van der Waals surface area (Å²) in [5.74, 6) is -0.0700. The fourth-order valence-electron chi connectivity index (χ4n) is 2.10. The monoisotopic (exact) mass is 373 g/mol. The zero-order valence-corrected chi connectivity index (χ0v) is 14.6. The molecule has 9 heteroatoms. The fraction of sp³-hybridized carbons (Fsp3) is 0.118. The summed E-state index contributed by atoms with van der Waals surface area (Å²) in [6.45, 7) is 1.47. The highest BCUT2D eigenvalue weighted by atomic mass is 32.2. The molecule has 0 bridgehead atoms. The van der Waals surface area contributed by atoms with Gasteiger partial charge in [-0.3, -0.25) is 4.72 Å². The molecule has 0 saturated heterocycles.